The molecule has 1 aromatic heterocycles. The molecule has 0 fully saturated rings. The zero-order valence-corrected chi connectivity index (χ0v) is 12.2. The topological polar surface area (TPSA) is 24.9 Å². The van der Waals surface area contributed by atoms with Crippen molar-refractivity contribution in [3.05, 3.63) is 40.6 Å². The summed E-state index contributed by atoms with van der Waals surface area (Å²) in [7, 11) is 0. The van der Waals surface area contributed by atoms with Gasteiger partial charge in [-0.1, -0.05) is 26.0 Å². The van der Waals surface area contributed by atoms with Crippen molar-refractivity contribution in [3.63, 3.8) is 0 Å². The quantitative estimate of drug-likeness (QED) is 0.614. The van der Waals surface area contributed by atoms with Gasteiger partial charge in [-0.15, -0.1) is 0 Å². The second kappa shape index (κ2) is 8.43. The minimum atomic E-state index is 0.728. The first-order chi connectivity index (χ1) is 8.18. The van der Waals surface area contributed by atoms with Gasteiger partial charge in [0, 0.05) is 22.8 Å². The minimum absolute atomic E-state index is 0.728. The van der Waals surface area contributed by atoms with Crippen LogP contribution in [0, 0.1) is 5.92 Å². The fraction of sp³-hybridized carbons (Fsp3) is 0.500. The van der Waals surface area contributed by atoms with Crippen molar-refractivity contribution in [2.45, 2.75) is 26.7 Å². The van der Waals surface area contributed by atoms with Crippen LogP contribution >= 0.6 is 15.9 Å². The van der Waals surface area contributed by atoms with Crippen LogP contribution in [0.1, 0.15) is 26.0 Å². The summed E-state index contributed by atoms with van der Waals surface area (Å²) in [5.74, 6) is 0.728. The Bertz CT molecular complexity index is 331. The largest absolute Gasteiger partial charge is 0.316 e. The van der Waals surface area contributed by atoms with E-state index in [0.717, 1.165) is 42.0 Å². The number of nitrogens with zero attached hydrogens (tertiary/aromatic N) is 1. The van der Waals surface area contributed by atoms with Crippen molar-refractivity contribution in [3.8, 4) is 0 Å². The van der Waals surface area contributed by atoms with Crippen molar-refractivity contribution < 1.29 is 0 Å². The molecule has 0 aromatic carbocycles. The average molecular weight is 297 g/mol. The molecule has 0 unspecified atom stereocenters. The highest BCUT2D eigenvalue weighted by Gasteiger charge is 1.92. The normalized spacial score (nSPS) is 11.5. The van der Waals surface area contributed by atoms with Crippen LogP contribution in [0.4, 0.5) is 0 Å². The predicted molar refractivity (Wildman–Crippen MR) is 77.1 cm³/mol. The molecule has 0 atom stereocenters. The Kier molecular flexibility index (Phi) is 7.13. The Morgan fingerprint density at radius 1 is 1.35 bits per heavy atom. The standard InChI is InChI=1S/C14H21BrN2/c1-12(2)10-16-9-5-3-4-6-14-8-7-13(15)11-17-14/h3-4,7-8,11-12,16H,5-6,9-10H2,1-2H3/b4-3+. The molecular formula is C14H21BrN2. The van der Waals surface area contributed by atoms with Crippen LogP contribution in [0.3, 0.4) is 0 Å². The van der Waals surface area contributed by atoms with Gasteiger partial charge in [-0.3, -0.25) is 4.98 Å². The molecule has 0 radical (unpaired) electrons. The lowest BCUT2D eigenvalue weighted by atomic mass is 10.2. The number of hydrogen-bond acceptors (Lipinski definition) is 2. The number of nitrogens with one attached hydrogen (secondary N) is 1. The van der Waals surface area contributed by atoms with Gasteiger partial charge < -0.3 is 5.32 Å². The maximum atomic E-state index is 4.32. The Labute approximate surface area is 113 Å². The fourth-order valence-electron chi connectivity index (χ4n) is 1.43. The van der Waals surface area contributed by atoms with E-state index in [9.17, 15) is 0 Å². The second-order valence-corrected chi connectivity index (χ2v) is 5.45. The molecule has 1 heterocycles. The van der Waals surface area contributed by atoms with Crippen molar-refractivity contribution >= 4 is 15.9 Å². The third kappa shape index (κ3) is 7.29. The van der Waals surface area contributed by atoms with Crippen LogP contribution in [-0.4, -0.2) is 18.1 Å². The number of pyridine rings is 1. The lowest BCUT2D eigenvalue weighted by molar-refractivity contribution is 0.556. The number of rotatable bonds is 7. The smallest absolute Gasteiger partial charge is 0.0442 e. The molecule has 0 bridgehead atoms. The van der Waals surface area contributed by atoms with E-state index in [0.29, 0.717) is 0 Å². The third-order valence-electron chi connectivity index (χ3n) is 2.32. The van der Waals surface area contributed by atoms with Gasteiger partial charge in [0.05, 0.1) is 0 Å². The number of halogens is 1. The Morgan fingerprint density at radius 3 is 2.82 bits per heavy atom. The summed E-state index contributed by atoms with van der Waals surface area (Å²) >= 11 is 3.38. The molecule has 0 aliphatic carbocycles. The molecule has 1 aromatic rings. The van der Waals surface area contributed by atoms with E-state index in [4.69, 9.17) is 0 Å². The molecule has 1 rings (SSSR count). The number of hydrogen-bond donors (Lipinski definition) is 1. The summed E-state index contributed by atoms with van der Waals surface area (Å²) < 4.78 is 1.03. The molecule has 0 spiro atoms. The molecule has 0 aliphatic rings. The first-order valence-corrected chi connectivity index (χ1v) is 6.94. The average Bonchev–Trinajstić information content (AvgIpc) is 2.30. The summed E-state index contributed by atoms with van der Waals surface area (Å²) in [6, 6.07) is 4.08. The van der Waals surface area contributed by atoms with Gasteiger partial charge in [-0.05, 0) is 53.5 Å². The van der Waals surface area contributed by atoms with Crippen LogP contribution in [0.5, 0.6) is 0 Å². The fourth-order valence-corrected chi connectivity index (χ4v) is 1.66. The Morgan fingerprint density at radius 2 is 2.18 bits per heavy atom. The van der Waals surface area contributed by atoms with Crippen molar-refractivity contribution in [1.29, 1.82) is 0 Å². The maximum Gasteiger partial charge on any atom is 0.0442 e. The molecule has 1 N–H and O–H groups in total. The second-order valence-electron chi connectivity index (χ2n) is 4.53. The minimum Gasteiger partial charge on any atom is -0.316 e. The van der Waals surface area contributed by atoms with Crippen molar-refractivity contribution in [2.24, 2.45) is 5.92 Å². The summed E-state index contributed by atoms with van der Waals surface area (Å²) in [6.07, 6.45) is 8.25. The van der Waals surface area contributed by atoms with Gasteiger partial charge in [0.25, 0.3) is 0 Å². The third-order valence-corrected chi connectivity index (χ3v) is 2.79. The van der Waals surface area contributed by atoms with E-state index in [2.05, 4.69) is 52.2 Å². The highest BCUT2D eigenvalue weighted by atomic mass is 79.9. The molecule has 3 heteroatoms. The molecule has 94 valence electrons. The maximum absolute atomic E-state index is 4.32. The predicted octanol–water partition coefficient (Wildman–Crippen LogP) is 3.58. The monoisotopic (exact) mass is 296 g/mol. The van der Waals surface area contributed by atoms with Crippen LogP contribution in [0.25, 0.3) is 0 Å². The summed E-state index contributed by atoms with van der Waals surface area (Å²) in [5.41, 5.74) is 1.11. The lowest BCUT2D eigenvalue weighted by Gasteiger charge is -2.04. The Hall–Kier alpha value is -0.670. The van der Waals surface area contributed by atoms with Gasteiger partial charge in [0.15, 0.2) is 0 Å². The molecule has 17 heavy (non-hydrogen) atoms. The van der Waals surface area contributed by atoms with Gasteiger partial charge in [0.1, 0.15) is 0 Å². The Balaban J connectivity index is 2.11. The van der Waals surface area contributed by atoms with Crippen LogP contribution in [0.15, 0.2) is 35.0 Å². The molecule has 2 nitrogen and oxygen atoms in total. The van der Waals surface area contributed by atoms with E-state index in [1.807, 2.05) is 18.3 Å². The van der Waals surface area contributed by atoms with E-state index >= 15 is 0 Å². The van der Waals surface area contributed by atoms with E-state index < -0.39 is 0 Å². The molecule has 0 amide bonds. The van der Waals surface area contributed by atoms with Crippen LogP contribution in [-0.2, 0) is 6.42 Å². The molecule has 0 saturated heterocycles. The van der Waals surface area contributed by atoms with Crippen molar-refractivity contribution in [2.75, 3.05) is 13.1 Å². The van der Waals surface area contributed by atoms with Crippen molar-refractivity contribution in [1.82, 2.24) is 10.3 Å². The van der Waals surface area contributed by atoms with Gasteiger partial charge >= 0.3 is 0 Å². The van der Waals surface area contributed by atoms with E-state index in [1.54, 1.807) is 0 Å². The first-order valence-electron chi connectivity index (χ1n) is 6.14. The molecule has 0 saturated carbocycles. The zero-order chi connectivity index (χ0) is 12.5. The zero-order valence-electron chi connectivity index (χ0n) is 10.6. The summed E-state index contributed by atoms with van der Waals surface area (Å²) in [6.45, 7) is 6.61. The van der Waals surface area contributed by atoms with Crippen LogP contribution < -0.4 is 5.32 Å². The summed E-state index contributed by atoms with van der Waals surface area (Å²) in [5, 5.41) is 3.42. The highest BCUT2D eigenvalue weighted by molar-refractivity contribution is 9.10. The van der Waals surface area contributed by atoms with E-state index in [1.165, 1.54) is 0 Å². The number of aromatic nitrogens is 1. The van der Waals surface area contributed by atoms with E-state index in [-0.39, 0.29) is 0 Å². The summed E-state index contributed by atoms with van der Waals surface area (Å²) in [4.78, 5) is 4.32. The van der Waals surface area contributed by atoms with Gasteiger partial charge in [0.2, 0.25) is 0 Å². The highest BCUT2D eigenvalue weighted by Crippen LogP contribution is 2.07. The van der Waals surface area contributed by atoms with Crippen LogP contribution in [0.2, 0.25) is 0 Å². The van der Waals surface area contributed by atoms with Gasteiger partial charge in [-0.25, -0.2) is 0 Å². The first kappa shape index (κ1) is 14.4. The molecule has 0 aliphatic heterocycles. The lowest BCUT2D eigenvalue weighted by Crippen LogP contribution is -2.20. The number of allylic oxidation sites excluding steroid dienone is 1. The van der Waals surface area contributed by atoms with Gasteiger partial charge in [-0.2, -0.15) is 0 Å². The molecular weight excluding hydrogens is 276 g/mol. The SMILES string of the molecule is CC(C)CNCC/C=C/Cc1ccc(Br)cn1.